The molecule has 0 radical (unpaired) electrons. The topological polar surface area (TPSA) is 51.1 Å². The SMILES string of the molecule is C1=C[SH](Cc2cc(N3CCOCC3)nc(-c3ccncc3)n2)C=C1. The molecule has 2 aromatic rings. The summed E-state index contributed by atoms with van der Waals surface area (Å²) in [6.07, 6.45) is 7.82. The second-order valence-corrected chi connectivity index (χ2v) is 7.67. The number of ether oxygens (including phenoxy) is 1. The number of hydrogen-bond donors (Lipinski definition) is 1. The number of hydrogen-bond acceptors (Lipinski definition) is 5. The van der Waals surface area contributed by atoms with Gasteiger partial charge in [0.05, 0.1) is 18.9 Å². The molecule has 124 valence electrons. The van der Waals surface area contributed by atoms with Gasteiger partial charge < -0.3 is 9.64 Å². The van der Waals surface area contributed by atoms with Crippen LogP contribution in [0.5, 0.6) is 0 Å². The molecule has 0 N–H and O–H groups in total. The fourth-order valence-electron chi connectivity index (χ4n) is 2.81. The first-order valence-corrected chi connectivity index (χ1v) is 9.77. The fourth-order valence-corrected chi connectivity index (χ4v) is 4.30. The van der Waals surface area contributed by atoms with Gasteiger partial charge in [-0.15, -0.1) is 0 Å². The van der Waals surface area contributed by atoms with E-state index in [1.54, 1.807) is 12.4 Å². The molecule has 2 aromatic heterocycles. The molecular formula is C18H20N4OS. The van der Waals surface area contributed by atoms with Gasteiger partial charge in [-0.25, -0.2) is 20.9 Å². The van der Waals surface area contributed by atoms with Crippen molar-refractivity contribution >= 4 is 16.7 Å². The van der Waals surface area contributed by atoms with Gasteiger partial charge in [0.15, 0.2) is 5.82 Å². The Labute approximate surface area is 144 Å². The second kappa shape index (κ2) is 7.15. The first-order chi connectivity index (χ1) is 11.9. The molecule has 5 nitrogen and oxygen atoms in total. The summed E-state index contributed by atoms with van der Waals surface area (Å²) in [4.78, 5) is 16.0. The van der Waals surface area contributed by atoms with Gasteiger partial charge in [-0.05, 0) is 22.9 Å². The van der Waals surface area contributed by atoms with Crippen LogP contribution < -0.4 is 4.90 Å². The smallest absolute Gasteiger partial charge is 0.161 e. The summed E-state index contributed by atoms with van der Waals surface area (Å²) >= 11 is 0. The fraction of sp³-hybridized carbons (Fsp3) is 0.278. The maximum absolute atomic E-state index is 5.47. The number of allylic oxidation sites excluding steroid dienone is 2. The van der Waals surface area contributed by atoms with Crippen LogP contribution in [0.2, 0.25) is 0 Å². The standard InChI is InChI=1S/C18H20N4OS/c1-2-12-24(11-1)14-16-13-17(22-7-9-23-10-8-22)21-18(20-16)15-3-5-19-6-4-15/h1-6,11-13,24H,7-10,14H2. The third kappa shape index (κ3) is 3.49. The first-order valence-electron chi connectivity index (χ1n) is 8.10. The van der Waals surface area contributed by atoms with E-state index in [-0.39, 0.29) is 10.9 Å². The second-order valence-electron chi connectivity index (χ2n) is 5.73. The van der Waals surface area contributed by atoms with Crippen molar-refractivity contribution in [3.05, 3.63) is 59.3 Å². The number of nitrogens with zero attached hydrogens (tertiary/aromatic N) is 4. The van der Waals surface area contributed by atoms with Gasteiger partial charge in [0.2, 0.25) is 0 Å². The summed E-state index contributed by atoms with van der Waals surface area (Å²) in [6, 6.07) is 6.06. The van der Waals surface area contributed by atoms with Crippen LogP contribution in [0.3, 0.4) is 0 Å². The van der Waals surface area contributed by atoms with Crippen molar-refractivity contribution in [2.24, 2.45) is 0 Å². The van der Waals surface area contributed by atoms with E-state index in [1.807, 2.05) is 12.1 Å². The summed E-state index contributed by atoms with van der Waals surface area (Å²) in [5.74, 6) is 2.73. The van der Waals surface area contributed by atoms with Crippen LogP contribution in [-0.2, 0) is 10.5 Å². The van der Waals surface area contributed by atoms with Gasteiger partial charge in [-0.2, -0.15) is 0 Å². The molecule has 6 heteroatoms. The highest BCUT2D eigenvalue weighted by Gasteiger charge is 2.16. The molecule has 2 aliphatic rings. The molecule has 0 spiro atoms. The summed E-state index contributed by atoms with van der Waals surface area (Å²) in [6.45, 7) is 3.26. The number of rotatable bonds is 4. The first kappa shape index (κ1) is 15.4. The van der Waals surface area contributed by atoms with Crippen LogP contribution in [0.25, 0.3) is 11.4 Å². The van der Waals surface area contributed by atoms with Crippen LogP contribution >= 0.6 is 10.9 Å². The van der Waals surface area contributed by atoms with Gasteiger partial charge in [0, 0.05) is 42.9 Å². The normalized spacial score (nSPS) is 18.3. The van der Waals surface area contributed by atoms with E-state index in [2.05, 4.69) is 38.9 Å². The van der Waals surface area contributed by atoms with Crippen LogP contribution in [0.4, 0.5) is 5.82 Å². The molecule has 0 saturated carbocycles. The summed E-state index contributed by atoms with van der Waals surface area (Å²) < 4.78 is 5.47. The van der Waals surface area contributed by atoms with Crippen molar-refractivity contribution in [3.8, 4) is 11.4 Å². The maximum atomic E-state index is 5.47. The van der Waals surface area contributed by atoms with Gasteiger partial charge in [-0.3, -0.25) is 4.98 Å². The summed E-state index contributed by atoms with van der Waals surface area (Å²) in [5, 5.41) is 4.55. The van der Waals surface area contributed by atoms with Crippen LogP contribution in [0.1, 0.15) is 5.69 Å². The van der Waals surface area contributed by atoms with Crippen molar-refractivity contribution in [2.45, 2.75) is 5.75 Å². The quantitative estimate of drug-likeness (QED) is 0.868. The lowest BCUT2D eigenvalue weighted by Gasteiger charge is -2.28. The van der Waals surface area contributed by atoms with Gasteiger partial charge in [0.25, 0.3) is 0 Å². The molecule has 0 amide bonds. The number of aromatic nitrogens is 3. The molecule has 0 aliphatic carbocycles. The number of anilines is 1. The third-order valence-corrected chi connectivity index (χ3v) is 5.85. The Morgan fingerprint density at radius 3 is 2.54 bits per heavy atom. The van der Waals surface area contributed by atoms with Crippen LogP contribution in [-0.4, -0.2) is 41.3 Å². The Morgan fingerprint density at radius 2 is 1.79 bits per heavy atom. The number of thiol groups is 1. The average molecular weight is 340 g/mol. The van der Waals surface area contributed by atoms with Crippen molar-refractivity contribution < 1.29 is 4.74 Å². The minimum absolute atomic E-state index is 0.239. The van der Waals surface area contributed by atoms with E-state index in [4.69, 9.17) is 14.7 Å². The molecule has 24 heavy (non-hydrogen) atoms. The average Bonchev–Trinajstić information content (AvgIpc) is 3.16. The largest absolute Gasteiger partial charge is 0.378 e. The zero-order chi connectivity index (χ0) is 16.2. The van der Waals surface area contributed by atoms with E-state index in [0.717, 1.165) is 55.0 Å². The number of morpholine rings is 1. The summed E-state index contributed by atoms with van der Waals surface area (Å²) in [7, 11) is -0.239. The maximum Gasteiger partial charge on any atom is 0.161 e. The lowest BCUT2D eigenvalue weighted by atomic mass is 10.2. The molecule has 1 saturated heterocycles. The van der Waals surface area contributed by atoms with E-state index in [9.17, 15) is 0 Å². The Bertz CT molecular complexity index is 745. The molecule has 0 bridgehead atoms. The number of pyridine rings is 1. The summed E-state index contributed by atoms with van der Waals surface area (Å²) in [5.41, 5.74) is 2.10. The van der Waals surface area contributed by atoms with Crippen molar-refractivity contribution in [1.29, 1.82) is 0 Å². The highest BCUT2D eigenvalue weighted by atomic mass is 32.2. The predicted octanol–water partition coefficient (Wildman–Crippen LogP) is 2.92. The zero-order valence-electron chi connectivity index (χ0n) is 13.4. The van der Waals surface area contributed by atoms with Crippen molar-refractivity contribution in [1.82, 2.24) is 15.0 Å². The predicted molar refractivity (Wildman–Crippen MR) is 99.3 cm³/mol. The van der Waals surface area contributed by atoms with Crippen LogP contribution in [0.15, 0.2) is 53.6 Å². The lowest BCUT2D eigenvalue weighted by molar-refractivity contribution is 0.122. The third-order valence-electron chi connectivity index (χ3n) is 4.05. The Morgan fingerprint density at radius 1 is 1.04 bits per heavy atom. The molecule has 4 heterocycles. The van der Waals surface area contributed by atoms with Gasteiger partial charge in [0.1, 0.15) is 5.82 Å². The lowest BCUT2D eigenvalue weighted by Crippen LogP contribution is -2.37. The minimum atomic E-state index is -0.239. The van der Waals surface area contributed by atoms with E-state index in [0.29, 0.717) is 0 Å². The highest BCUT2D eigenvalue weighted by molar-refractivity contribution is 8.21. The van der Waals surface area contributed by atoms with Crippen LogP contribution in [0, 0.1) is 0 Å². The molecule has 2 aliphatic heterocycles. The van der Waals surface area contributed by atoms with Gasteiger partial charge >= 0.3 is 0 Å². The Hall–Kier alpha value is -2.18. The molecule has 4 rings (SSSR count). The Kier molecular flexibility index (Phi) is 4.57. The highest BCUT2D eigenvalue weighted by Crippen LogP contribution is 2.37. The molecule has 0 aromatic carbocycles. The Balaban J connectivity index is 1.69. The molecule has 0 unspecified atom stereocenters. The van der Waals surface area contributed by atoms with E-state index >= 15 is 0 Å². The molecular weight excluding hydrogens is 320 g/mol. The molecule has 1 fully saturated rings. The monoisotopic (exact) mass is 340 g/mol. The zero-order valence-corrected chi connectivity index (χ0v) is 14.3. The molecule has 0 atom stereocenters. The van der Waals surface area contributed by atoms with E-state index in [1.165, 1.54) is 0 Å². The van der Waals surface area contributed by atoms with Crippen molar-refractivity contribution in [3.63, 3.8) is 0 Å². The van der Waals surface area contributed by atoms with E-state index < -0.39 is 0 Å². The van der Waals surface area contributed by atoms with Gasteiger partial charge in [-0.1, -0.05) is 12.2 Å². The minimum Gasteiger partial charge on any atom is -0.378 e. The van der Waals surface area contributed by atoms with Crippen molar-refractivity contribution in [2.75, 3.05) is 31.2 Å².